The van der Waals surface area contributed by atoms with Crippen molar-refractivity contribution in [2.75, 3.05) is 14.2 Å². The van der Waals surface area contributed by atoms with Crippen LogP contribution < -0.4 is 0 Å². The number of benzene rings is 1. The molecule has 0 aromatic heterocycles. The molecule has 0 saturated carbocycles. The van der Waals surface area contributed by atoms with E-state index in [1.165, 1.54) is 7.11 Å². The van der Waals surface area contributed by atoms with Crippen LogP contribution in [0.4, 0.5) is 0 Å². The monoisotopic (exact) mass is 238 g/mol. The van der Waals surface area contributed by atoms with Gasteiger partial charge in [0.25, 0.3) is 0 Å². The zero-order chi connectivity index (χ0) is 13.1. The molecule has 4 nitrogen and oxygen atoms in total. The van der Waals surface area contributed by atoms with Crippen molar-refractivity contribution in [2.45, 2.75) is 25.6 Å². The normalized spacial score (nSPS) is 13.2. The van der Waals surface area contributed by atoms with Gasteiger partial charge in [-0.1, -0.05) is 24.3 Å². The lowest BCUT2D eigenvalue weighted by Gasteiger charge is -2.27. The Morgan fingerprint density at radius 1 is 1.29 bits per heavy atom. The Morgan fingerprint density at radius 2 is 1.88 bits per heavy atom. The summed E-state index contributed by atoms with van der Waals surface area (Å²) in [7, 11) is 2.83. The molecule has 0 aliphatic rings. The fraction of sp³-hybridized carbons (Fsp3) is 0.462. The third-order valence-corrected chi connectivity index (χ3v) is 2.84. The number of carbonyl (C=O) groups excluding carboxylic acids is 1. The summed E-state index contributed by atoms with van der Waals surface area (Å²) in [6.45, 7) is 3.74. The number of aliphatic hydroxyl groups is 1. The fourth-order valence-corrected chi connectivity index (χ4v) is 1.63. The van der Waals surface area contributed by atoms with E-state index in [-0.39, 0.29) is 0 Å². The standard InChI is InChI=1S/C13H18O4/c1-13(2,17-4)10-8-6-5-7-9(10)11(14)12(15)16-3/h5-8,11,14H,1-4H3. The van der Waals surface area contributed by atoms with E-state index in [0.717, 1.165) is 5.56 Å². The summed E-state index contributed by atoms with van der Waals surface area (Å²) >= 11 is 0. The van der Waals surface area contributed by atoms with Gasteiger partial charge < -0.3 is 14.6 Å². The molecule has 17 heavy (non-hydrogen) atoms. The van der Waals surface area contributed by atoms with Gasteiger partial charge in [-0.2, -0.15) is 0 Å². The summed E-state index contributed by atoms with van der Waals surface area (Å²) in [5.41, 5.74) is 0.692. The molecule has 1 aromatic rings. The van der Waals surface area contributed by atoms with Crippen molar-refractivity contribution in [3.8, 4) is 0 Å². The number of aliphatic hydroxyl groups excluding tert-OH is 1. The topological polar surface area (TPSA) is 55.8 Å². The predicted molar refractivity (Wildman–Crippen MR) is 63.5 cm³/mol. The molecule has 0 aliphatic heterocycles. The van der Waals surface area contributed by atoms with Crippen LogP contribution in [-0.4, -0.2) is 25.3 Å². The lowest BCUT2D eigenvalue weighted by Crippen LogP contribution is -2.24. The van der Waals surface area contributed by atoms with Crippen LogP contribution in [0.15, 0.2) is 24.3 Å². The second-order valence-corrected chi connectivity index (χ2v) is 4.23. The van der Waals surface area contributed by atoms with Gasteiger partial charge in [-0.05, 0) is 25.0 Å². The molecule has 0 amide bonds. The molecule has 0 saturated heterocycles. The van der Waals surface area contributed by atoms with Gasteiger partial charge in [0.15, 0.2) is 6.10 Å². The van der Waals surface area contributed by atoms with Crippen LogP contribution in [0, 0.1) is 0 Å². The second kappa shape index (κ2) is 5.29. The summed E-state index contributed by atoms with van der Waals surface area (Å²) in [4.78, 5) is 11.4. The third kappa shape index (κ3) is 2.84. The Hall–Kier alpha value is -1.39. The van der Waals surface area contributed by atoms with Crippen LogP contribution >= 0.6 is 0 Å². The maximum Gasteiger partial charge on any atom is 0.339 e. The first-order chi connectivity index (χ1) is 7.94. The zero-order valence-electron chi connectivity index (χ0n) is 10.6. The van der Waals surface area contributed by atoms with E-state index in [1.807, 2.05) is 26.0 Å². The number of methoxy groups -OCH3 is 2. The molecule has 0 heterocycles. The van der Waals surface area contributed by atoms with Crippen molar-refractivity contribution in [1.82, 2.24) is 0 Å². The quantitative estimate of drug-likeness (QED) is 0.812. The summed E-state index contributed by atoms with van der Waals surface area (Å²) in [6.07, 6.45) is -1.29. The molecule has 4 heteroatoms. The van der Waals surface area contributed by atoms with E-state index in [0.29, 0.717) is 5.56 Å². The molecular formula is C13H18O4. The minimum absolute atomic E-state index is 0.506. The van der Waals surface area contributed by atoms with E-state index in [9.17, 15) is 9.90 Å². The van der Waals surface area contributed by atoms with Crippen LogP contribution in [0.2, 0.25) is 0 Å². The highest BCUT2D eigenvalue weighted by atomic mass is 16.5. The molecule has 0 spiro atoms. The molecule has 1 atom stereocenters. The Kier molecular flexibility index (Phi) is 4.26. The second-order valence-electron chi connectivity index (χ2n) is 4.23. The molecule has 0 aliphatic carbocycles. The molecule has 0 radical (unpaired) electrons. The largest absolute Gasteiger partial charge is 0.467 e. The van der Waals surface area contributed by atoms with Crippen molar-refractivity contribution < 1.29 is 19.4 Å². The van der Waals surface area contributed by atoms with Gasteiger partial charge in [0, 0.05) is 7.11 Å². The Labute approximate surface area is 101 Å². The first kappa shape index (κ1) is 13.7. The van der Waals surface area contributed by atoms with E-state index in [2.05, 4.69) is 4.74 Å². The van der Waals surface area contributed by atoms with Crippen LogP contribution in [-0.2, 0) is 19.9 Å². The molecule has 1 unspecified atom stereocenters. The summed E-state index contributed by atoms with van der Waals surface area (Å²) in [5, 5.41) is 9.90. The van der Waals surface area contributed by atoms with Crippen molar-refractivity contribution >= 4 is 5.97 Å². The first-order valence-electron chi connectivity index (χ1n) is 5.34. The molecule has 0 fully saturated rings. The third-order valence-electron chi connectivity index (χ3n) is 2.84. The first-order valence-corrected chi connectivity index (χ1v) is 5.34. The number of hydrogen-bond donors (Lipinski definition) is 1. The number of ether oxygens (including phenoxy) is 2. The number of hydrogen-bond acceptors (Lipinski definition) is 4. The molecule has 1 N–H and O–H groups in total. The summed E-state index contributed by atoms with van der Waals surface area (Å²) in [6, 6.07) is 7.11. The lowest BCUT2D eigenvalue weighted by atomic mass is 9.90. The van der Waals surface area contributed by atoms with Gasteiger partial charge in [0.05, 0.1) is 12.7 Å². The van der Waals surface area contributed by atoms with E-state index in [4.69, 9.17) is 4.74 Å². The number of esters is 1. The highest BCUT2D eigenvalue weighted by Gasteiger charge is 2.28. The van der Waals surface area contributed by atoms with Crippen molar-refractivity contribution in [3.63, 3.8) is 0 Å². The highest BCUT2D eigenvalue weighted by Crippen LogP contribution is 2.30. The van der Waals surface area contributed by atoms with Crippen molar-refractivity contribution in [1.29, 1.82) is 0 Å². The fourth-order valence-electron chi connectivity index (χ4n) is 1.63. The minimum atomic E-state index is -1.29. The SMILES string of the molecule is COC(=O)C(O)c1ccccc1C(C)(C)OC. The average Bonchev–Trinajstić information content (AvgIpc) is 2.36. The average molecular weight is 238 g/mol. The molecular weight excluding hydrogens is 220 g/mol. The van der Waals surface area contributed by atoms with E-state index < -0.39 is 17.7 Å². The number of rotatable bonds is 4. The molecule has 94 valence electrons. The van der Waals surface area contributed by atoms with Gasteiger partial charge in [-0.15, -0.1) is 0 Å². The van der Waals surface area contributed by atoms with Crippen LogP contribution in [0.25, 0.3) is 0 Å². The van der Waals surface area contributed by atoms with Gasteiger partial charge in [0.2, 0.25) is 0 Å². The Bertz CT molecular complexity index is 398. The Balaban J connectivity index is 3.21. The highest BCUT2D eigenvalue weighted by molar-refractivity contribution is 5.76. The molecule has 0 bridgehead atoms. The van der Waals surface area contributed by atoms with Crippen LogP contribution in [0.1, 0.15) is 31.1 Å². The van der Waals surface area contributed by atoms with Gasteiger partial charge in [-0.25, -0.2) is 4.79 Å². The smallest absolute Gasteiger partial charge is 0.339 e. The molecule has 1 aromatic carbocycles. The predicted octanol–water partition coefficient (Wildman–Crippen LogP) is 1.77. The lowest BCUT2D eigenvalue weighted by molar-refractivity contribution is -0.150. The van der Waals surface area contributed by atoms with Gasteiger partial charge in [-0.3, -0.25) is 0 Å². The van der Waals surface area contributed by atoms with Crippen LogP contribution in [0.5, 0.6) is 0 Å². The zero-order valence-corrected chi connectivity index (χ0v) is 10.6. The summed E-state index contributed by atoms with van der Waals surface area (Å²) < 4.78 is 9.90. The molecule has 1 rings (SSSR count). The van der Waals surface area contributed by atoms with Gasteiger partial charge >= 0.3 is 5.97 Å². The van der Waals surface area contributed by atoms with Gasteiger partial charge in [0.1, 0.15) is 0 Å². The van der Waals surface area contributed by atoms with E-state index in [1.54, 1.807) is 19.2 Å². The van der Waals surface area contributed by atoms with E-state index >= 15 is 0 Å². The van der Waals surface area contributed by atoms with Crippen molar-refractivity contribution in [2.24, 2.45) is 0 Å². The Morgan fingerprint density at radius 3 is 2.41 bits per heavy atom. The number of carbonyl (C=O) groups is 1. The summed E-state index contributed by atoms with van der Waals surface area (Å²) in [5.74, 6) is -0.677. The van der Waals surface area contributed by atoms with Crippen molar-refractivity contribution in [3.05, 3.63) is 35.4 Å². The van der Waals surface area contributed by atoms with Crippen LogP contribution in [0.3, 0.4) is 0 Å². The minimum Gasteiger partial charge on any atom is -0.467 e. The maximum atomic E-state index is 11.4. The maximum absolute atomic E-state index is 11.4.